The molecule has 2 unspecified atom stereocenters. The van der Waals surface area contributed by atoms with Crippen molar-refractivity contribution >= 4 is 11.7 Å². The quantitative estimate of drug-likeness (QED) is 0.865. The number of benzene rings is 1. The molecule has 0 bridgehead atoms. The van der Waals surface area contributed by atoms with E-state index in [0.717, 1.165) is 12.8 Å². The molecule has 0 aromatic heterocycles. The van der Waals surface area contributed by atoms with Gasteiger partial charge in [-0.05, 0) is 30.5 Å². The highest BCUT2D eigenvalue weighted by molar-refractivity contribution is 5.89. The van der Waals surface area contributed by atoms with Crippen LogP contribution in [0.5, 0.6) is 0 Å². The first-order valence-electron chi connectivity index (χ1n) is 6.95. The Morgan fingerprint density at radius 3 is 3.10 bits per heavy atom. The summed E-state index contributed by atoms with van der Waals surface area (Å²) in [4.78, 5) is 14.0. The number of hydrogen-bond acceptors (Lipinski definition) is 3. The van der Waals surface area contributed by atoms with Gasteiger partial charge < -0.3 is 16.0 Å². The van der Waals surface area contributed by atoms with E-state index in [4.69, 9.17) is 11.0 Å². The van der Waals surface area contributed by atoms with Crippen molar-refractivity contribution in [2.24, 2.45) is 11.7 Å². The lowest BCUT2D eigenvalue weighted by Gasteiger charge is -2.36. The fourth-order valence-electron chi connectivity index (χ4n) is 2.54. The first-order valence-corrected chi connectivity index (χ1v) is 6.95. The number of urea groups is 1. The van der Waals surface area contributed by atoms with E-state index in [-0.39, 0.29) is 12.1 Å². The second-order valence-electron chi connectivity index (χ2n) is 5.19. The first-order chi connectivity index (χ1) is 9.63. The second kappa shape index (κ2) is 6.40. The minimum atomic E-state index is -0.120. The van der Waals surface area contributed by atoms with Gasteiger partial charge in [0.05, 0.1) is 11.6 Å². The van der Waals surface area contributed by atoms with Gasteiger partial charge in [-0.1, -0.05) is 19.4 Å². The molecule has 0 radical (unpaired) electrons. The van der Waals surface area contributed by atoms with E-state index in [1.54, 1.807) is 29.2 Å². The predicted molar refractivity (Wildman–Crippen MR) is 78.1 cm³/mol. The Morgan fingerprint density at radius 2 is 2.40 bits per heavy atom. The van der Waals surface area contributed by atoms with Crippen LogP contribution in [0.25, 0.3) is 0 Å². The third-order valence-electron chi connectivity index (χ3n) is 3.85. The summed E-state index contributed by atoms with van der Waals surface area (Å²) in [5, 5.41) is 11.7. The summed E-state index contributed by atoms with van der Waals surface area (Å²) in [6.07, 6.45) is 1.82. The number of likely N-dealkylation sites (tertiary alicyclic amines) is 1. The number of nitrogens with zero attached hydrogens (tertiary/aromatic N) is 2. The second-order valence-corrected chi connectivity index (χ2v) is 5.19. The molecule has 1 fully saturated rings. The van der Waals surface area contributed by atoms with Crippen LogP contribution in [0, 0.1) is 17.2 Å². The maximum absolute atomic E-state index is 12.2. The van der Waals surface area contributed by atoms with Crippen molar-refractivity contribution in [3.8, 4) is 6.07 Å². The molecule has 5 heteroatoms. The third kappa shape index (κ3) is 3.28. The van der Waals surface area contributed by atoms with Crippen molar-refractivity contribution in [3.63, 3.8) is 0 Å². The summed E-state index contributed by atoms with van der Waals surface area (Å²) < 4.78 is 0. The molecular weight excluding hydrogens is 252 g/mol. The molecule has 2 amide bonds. The minimum absolute atomic E-state index is 0.120. The van der Waals surface area contributed by atoms with Crippen molar-refractivity contribution in [1.82, 2.24) is 4.90 Å². The summed E-state index contributed by atoms with van der Waals surface area (Å²) in [7, 11) is 0. The predicted octanol–water partition coefficient (Wildman–Crippen LogP) is 2.15. The fraction of sp³-hybridized carbons (Fsp3) is 0.467. The normalized spacial score (nSPS) is 22.1. The standard InChI is InChI=1S/C15H20N4O/c1-2-12-10-19(7-6-14(12)17)15(20)18-13-5-3-4-11(8-13)9-16/h3-5,8,12,14H,2,6-7,10,17H2,1H3,(H,18,20). The highest BCUT2D eigenvalue weighted by Crippen LogP contribution is 2.19. The molecule has 3 N–H and O–H groups in total. The summed E-state index contributed by atoms with van der Waals surface area (Å²) >= 11 is 0. The van der Waals surface area contributed by atoms with Gasteiger partial charge in [0.1, 0.15) is 0 Å². The Labute approximate surface area is 119 Å². The van der Waals surface area contributed by atoms with Gasteiger partial charge in [0.15, 0.2) is 0 Å². The molecule has 1 aromatic carbocycles. The number of anilines is 1. The van der Waals surface area contributed by atoms with Gasteiger partial charge in [-0.15, -0.1) is 0 Å². The molecule has 0 saturated carbocycles. The van der Waals surface area contributed by atoms with E-state index in [1.165, 1.54) is 0 Å². The van der Waals surface area contributed by atoms with Crippen LogP contribution in [0.3, 0.4) is 0 Å². The molecule has 2 rings (SSSR count). The van der Waals surface area contributed by atoms with Crippen LogP contribution in [0.1, 0.15) is 25.3 Å². The number of carbonyl (C=O) groups is 1. The van der Waals surface area contributed by atoms with E-state index in [0.29, 0.717) is 30.3 Å². The van der Waals surface area contributed by atoms with Crippen LogP contribution in [0.15, 0.2) is 24.3 Å². The van der Waals surface area contributed by atoms with E-state index in [1.807, 2.05) is 0 Å². The summed E-state index contributed by atoms with van der Waals surface area (Å²) in [6, 6.07) is 9.05. The smallest absolute Gasteiger partial charge is 0.321 e. The molecule has 0 spiro atoms. The molecule has 1 heterocycles. The Bertz CT molecular complexity index is 523. The highest BCUT2D eigenvalue weighted by atomic mass is 16.2. The highest BCUT2D eigenvalue weighted by Gasteiger charge is 2.28. The number of rotatable bonds is 2. The maximum atomic E-state index is 12.2. The topological polar surface area (TPSA) is 82.2 Å². The van der Waals surface area contributed by atoms with Crippen LogP contribution in [-0.2, 0) is 0 Å². The van der Waals surface area contributed by atoms with Gasteiger partial charge in [-0.2, -0.15) is 5.26 Å². The molecule has 1 aromatic rings. The number of hydrogen-bond donors (Lipinski definition) is 2. The Kier molecular flexibility index (Phi) is 4.59. The molecule has 106 valence electrons. The molecule has 1 saturated heterocycles. The largest absolute Gasteiger partial charge is 0.327 e. The Morgan fingerprint density at radius 1 is 1.60 bits per heavy atom. The molecule has 1 aliphatic heterocycles. The fourth-order valence-corrected chi connectivity index (χ4v) is 2.54. The van der Waals surface area contributed by atoms with Crippen LogP contribution in [0.2, 0.25) is 0 Å². The van der Waals surface area contributed by atoms with E-state index < -0.39 is 0 Å². The van der Waals surface area contributed by atoms with Gasteiger partial charge in [-0.3, -0.25) is 0 Å². The van der Waals surface area contributed by atoms with Crippen molar-refractivity contribution in [3.05, 3.63) is 29.8 Å². The van der Waals surface area contributed by atoms with E-state index >= 15 is 0 Å². The van der Waals surface area contributed by atoms with Crippen molar-refractivity contribution in [1.29, 1.82) is 5.26 Å². The Hall–Kier alpha value is -2.06. The van der Waals surface area contributed by atoms with E-state index in [9.17, 15) is 4.79 Å². The van der Waals surface area contributed by atoms with Gasteiger partial charge in [0, 0.05) is 24.8 Å². The van der Waals surface area contributed by atoms with Crippen LogP contribution < -0.4 is 11.1 Å². The first kappa shape index (κ1) is 14.4. The number of nitriles is 1. The number of carbonyl (C=O) groups excluding carboxylic acids is 1. The van der Waals surface area contributed by atoms with Crippen LogP contribution in [0.4, 0.5) is 10.5 Å². The number of nitrogens with two attached hydrogens (primary N) is 1. The lowest BCUT2D eigenvalue weighted by atomic mass is 9.91. The lowest BCUT2D eigenvalue weighted by Crippen LogP contribution is -2.50. The minimum Gasteiger partial charge on any atom is -0.327 e. The number of amides is 2. The number of piperidine rings is 1. The van der Waals surface area contributed by atoms with E-state index in [2.05, 4.69) is 18.3 Å². The van der Waals surface area contributed by atoms with Gasteiger partial charge in [0.2, 0.25) is 0 Å². The molecular formula is C15H20N4O. The molecule has 1 aliphatic rings. The van der Waals surface area contributed by atoms with Crippen LogP contribution in [-0.4, -0.2) is 30.1 Å². The monoisotopic (exact) mass is 272 g/mol. The number of nitrogens with one attached hydrogen (secondary N) is 1. The summed E-state index contributed by atoms with van der Waals surface area (Å²) in [5.74, 6) is 0.361. The zero-order valence-corrected chi connectivity index (χ0v) is 11.7. The van der Waals surface area contributed by atoms with Crippen molar-refractivity contribution in [2.75, 3.05) is 18.4 Å². The van der Waals surface area contributed by atoms with Crippen LogP contribution >= 0.6 is 0 Å². The summed E-state index contributed by atoms with van der Waals surface area (Å²) in [6.45, 7) is 3.48. The van der Waals surface area contributed by atoms with Crippen molar-refractivity contribution < 1.29 is 4.79 Å². The van der Waals surface area contributed by atoms with Gasteiger partial charge >= 0.3 is 6.03 Å². The van der Waals surface area contributed by atoms with Gasteiger partial charge in [0.25, 0.3) is 0 Å². The molecule has 0 aliphatic carbocycles. The maximum Gasteiger partial charge on any atom is 0.321 e. The zero-order valence-electron chi connectivity index (χ0n) is 11.7. The SMILES string of the molecule is CCC1CN(C(=O)Nc2cccc(C#N)c2)CCC1N. The lowest BCUT2D eigenvalue weighted by molar-refractivity contribution is 0.164. The average Bonchev–Trinajstić information content (AvgIpc) is 2.47. The Balaban J connectivity index is 1.99. The third-order valence-corrected chi connectivity index (χ3v) is 3.85. The zero-order chi connectivity index (χ0) is 14.5. The summed E-state index contributed by atoms with van der Waals surface area (Å²) in [5.41, 5.74) is 7.23. The molecule has 5 nitrogen and oxygen atoms in total. The van der Waals surface area contributed by atoms with Crippen molar-refractivity contribution in [2.45, 2.75) is 25.8 Å². The average molecular weight is 272 g/mol. The van der Waals surface area contributed by atoms with Gasteiger partial charge in [-0.25, -0.2) is 4.79 Å². The molecule has 2 atom stereocenters. The molecule has 20 heavy (non-hydrogen) atoms.